The van der Waals surface area contributed by atoms with Gasteiger partial charge in [-0.2, -0.15) is 12.6 Å². The minimum atomic E-state index is -2.25. The van der Waals surface area contributed by atoms with Crippen LogP contribution in [0.3, 0.4) is 0 Å². The number of carboxylic acid groups (broad SMARTS) is 2. The van der Waals surface area contributed by atoms with Crippen LogP contribution in [-0.2, 0) is 14.4 Å². The number of hydrogen-bond donors (Lipinski definition) is 8. The van der Waals surface area contributed by atoms with Gasteiger partial charge in [0.25, 0.3) is 0 Å². The summed E-state index contributed by atoms with van der Waals surface area (Å²) in [5.41, 5.74) is 4.94. The number of carbonyl (C=O) groups excluding carboxylic acids is 1. The van der Waals surface area contributed by atoms with Gasteiger partial charge in [-0.25, -0.2) is 4.79 Å². The van der Waals surface area contributed by atoms with Gasteiger partial charge in [-0.05, 0) is 0 Å². The standard InChI is InChI=1S/C6H10O7.C3H7NO2S/c7-1-2(8)3(9)4(10)5(11)6(12)13;4-2(1-7)3(5)6/h1-5,8-11H,(H,12,13);2,7H,1,4H2,(H,5,6)/t2-,3+,4-,5-;2-/m00/s1. The van der Waals surface area contributed by atoms with Crippen molar-refractivity contribution in [1.29, 1.82) is 0 Å². The molecule has 0 aliphatic rings. The van der Waals surface area contributed by atoms with Crippen molar-refractivity contribution in [2.24, 2.45) is 5.73 Å². The summed E-state index contributed by atoms with van der Waals surface area (Å²) in [6, 6.07) is -0.816. The molecule has 0 aromatic heterocycles. The maximum atomic E-state index is 10.1. The predicted molar refractivity (Wildman–Crippen MR) is 67.2 cm³/mol. The maximum Gasteiger partial charge on any atom is 0.335 e. The predicted octanol–water partition coefficient (Wildman–Crippen LogP) is -3.96. The molecule has 0 heterocycles. The zero-order chi connectivity index (χ0) is 16.5. The molecule has 0 aliphatic carbocycles. The Morgan fingerprint density at radius 2 is 1.50 bits per heavy atom. The molecule has 0 saturated carbocycles. The van der Waals surface area contributed by atoms with Gasteiger partial charge in [0.1, 0.15) is 24.4 Å². The van der Waals surface area contributed by atoms with E-state index in [9.17, 15) is 14.4 Å². The van der Waals surface area contributed by atoms with Gasteiger partial charge in [-0.15, -0.1) is 0 Å². The van der Waals surface area contributed by atoms with Crippen molar-refractivity contribution in [1.82, 2.24) is 0 Å². The van der Waals surface area contributed by atoms with Crippen LogP contribution in [0.5, 0.6) is 0 Å². The van der Waals surface area contributed by atoms with Gasteiger partial charge in [0, 0.05) is 5.75 Å². The van der Waals surface area contributed by atoms with E-state index in [0.29, 0.717) is 0 Å². The largest absolute Gasteiger partial charge is 0.480 e. The first-order chi connectivity index (χ1) is 9.09. The number of aliphatic carboxylic acids is 2. The van der Waals surface area contributed by atoms with E-state index in [1.165, 1.54) is 0 Å². The molecule has 0 unspecified atom stereocenters. The van der Waals surface area contributed by atoms with Crippen LogP contribution in [0.25, 0.3) is 0 Å². The van der Waals surface area contributed by atoms with Gasteiger partial charge >= 0.3 is 11.9 Å². The van der Waals surface area contributed by atoms with Crippen molar-refractivity contribution in [2.45, 2.75) is 30.5 Å². The normalized spacial score (nSPS) is 17.7. The minimum absolute atomic E-state index is 0.0809. The fourth-order valence-corrected chi connectivity index (χ4v) is 0.850. The zero-order valence-corrected chi connectivity index (χ0v) is 11.0. The van der Waals surface area contributed by atoms with Crippen LogP contribution in [-0.4, -0.2) is 85.1 Å². The van der Waals surface area contributed by atoms with Crippen molar-refractivity contribution >= 4 is 30.9 Å². The Morgan fingerprint density at radius 1 is 1.05 bits per heavy atom. The third-order valence-corrected chi connectivity index (χ3v) is 2.32. The molecule has 0 fully saturated rings. The number of nitrogens with two attached hydrogens (primary N) is 1. The van der Waals surface area contributed by atoms with Gasteiger partial charge in [0.2, 0.25) is 0 Å². The Labute approximate surface area is 118 Å². The first kappa shape index (κ1) is 21.1. The second-order valence-electron chi connectivity index (χ2n) is 3.52. The molecule has 0 aromatic rings. The van der Waals surface area contributed by atoms with Crippen molar-refractivity contribution in [3.8, 4) is 0 Å². The highest BCUT2D eigenvalue weighted by Crippen LogP contribution is 2.03. The third-order valence-electron chi connectivity index (χ3n) is 1.93. The summed E-state index contributed by atoms with van der Waals surface area (Å²) < 4.78 is 0. The van der Waals surface area contributed by atoms with Crippen LogP contribution in [0.15, 0.2) is 0 Å². The van der Waals surface area contributed by atoms with Crippen molar-refractivity contribution in [3.05, 3.63) is 0 Å². The highest BCUT2D eigenvalue weighted by atomic mass is 32.1. The number of aliphatic hydroxyl groups excluding tert-OH is 4. The lowest BCUT2D eigenvalue weighted by Crippen LogP contribution is -2.48. The summed E-state index contributed by atoms with van der Waals surface area (Å²) in [7, 11) is 0. The summed E-state index contributed by atoms with van der Waals surface area (Å²) >= 11 is 3.65. The molecule has 8 N–H and O–H groups in total. The second-order valence-corrected chi connectivity index (χ2v) is 3.88. The molecule has 5 atom stereocenters. The average molecular weight is 315 g/mol. The van der Waals surface area contributed by atoms with Gasteiger partial charge < -0.3 is 41.2 Å². The summed E-state index contributed by atoms with van der Waals surface area (Å²) in [5, 5.41) is 51.2. The summed E-state index contributed by atoms with van der Waals surface area (Å²) in [5.74, 6) is -2.57. The first-order valence-corrected chi connectivity index (χ1v) is 5.72. The Morgan fingerprint density at radius 3 is 1.70 bits per heavy atom. The molecular weight excluding hydrogens is 298 g/mol. The summed E-state index contributed by atoms with van der Waals surface area (Å²) in [4.78, 5) is 29.7. The maximum absolute atomic E-state index is 10.1. The van der Waals surface area contributed by atoms with E-state index in [1.807, 2.05) is 0 Å². The monoisotopic (exact) mass is 315 g/mol. The highest BCUT2D eigenvalue weighted by Gasteiger charge is 2.33. The molecule has 0 rings (SSSR count). The van der Waals surface area contributed by atoms with Crippen LogP contribution < -0.4 is 5.73 Å². The van der Waals surface area contributed by atoms with Crippen molar-refractivity contribution in [3.63, 3.8) is 0 Å². The summed E-state index contributed by atoms with van der Waals surface area (Å²) in [6.45, 7) is 0. The van der Waals surface area contributed by atoms with Gasteiger partial charge in [0.15, 0.2) is 12.4 Å². The third kappa shape index (κ3) is 8.04. The van der Waals surface area contributed by atoms with Gasteiger partial charge in [0.05, 0.1) is 0 Å². The number of aliphatic hydroxyl groups is 4. The number of rotatable bonds is 7. The second kappa shape index (κ2) is 10.5. The van der Waals surface area contributed by atoms with Crippen LogP contribution in [0.2, 0.25) is 0 Å². The average Bonchev–Trinajstić information content (AvgIpc) is 2.43. The number of hydrogen-bond acceptors (Lipinski definition) is 9. The molecule has 0 amide bonds. The first-order valence-electron chi connectivity index (χ1n) is 5.09. The lowest BCUT2D eigenvalue weighted by Gasteiger charge is -2.21. The molecule has 20 heavy (non-hydrogen) atoms. The van der Waals surface area contributed by atoms with E-state index in [4.69, 9.17) is 36.4 Å². The molecule has 11 heteroatoms. The van der Waals surface area contributed by atoms with E-state index in [-0.39, 0.29) is 12.0 Å². The van der Waals surface area contributed by atoms with E-state index >= 15 is 0 Å². The molecule has 118 valence electrons. The van der Waals surface area contributed by atoms with Crippen LogP contribution in [0.4, 0.5) is 0 Å². The van der Waals surface area contributed by atoms with E-state index in [2.05, 4.69) is 12.6 Å². The van der Waals surface area contributed by atoms with Crippen LogP contribution in [0.1, 0.15) is 0 Å². The lowest BCUT2D eigenvalue weighted by atomic mass is 10.0. The molecule has 0 radical (unpaired) electrons. The van der Waals surface area contributed by atoms with E-state index < -0.39 is 42.4 Å². The molecule has 0 bridgehead atoms. The SMILES string of the molecule is N[C@@H](CS)C(=O)O.O=C[C@H](O)[C@@H](O)[C@H](O)[C@H](O)C(=O)O. The minimum Gasteiger partial charge on any atom is -0.480 e. The number of aldehydes is 1. The number of carbonyl (C=O) groups is 3. The zero-order valence-electron chi connectivity index (χ0n) is 10.1. The molecule has 0 spiro atoms. The number of thiol groups is 1. The van der Waals surface area contributed by atoms with Crippen LogP contribution >= 0.6 is 12.6 Å². The Hall–Kier alpha value is -1.24. The molecule has 0 aliphatic heterocycles. The Bertz CT molecular complexity index is 327. The smallest absolute Gasteiger partial charge is 0.335 e. The topological polar surface area (TPSA) is 199 Å². The lowest BCUT2D eigenvalue weighted by molar-refractivity contribution is -0.163. The van der Waals surface area contributed by atoms with Gasteiger partial charge in [-0.3, -0.25) is 4.79 Å². The fraction of sp³-hybridized carbons (Fsp3) is 0.667. The quantitative estimate of drug-likeness (QED) is 0.169. The molecule has 10 nitrogen and oxygen atoms in total. The Kier molecular flexibility index (Phi) is 11.1. The molecule has 0 saturated heterocycles. The van der Waals surface area contributed by atoms with Crippen molar-refractivity contribution < 1.29 is 45.0 Å². The van der Waals surface area contributed by atoms with Crippen LogP contribution in [0, 0.1) is 0 Å². The molecular formula is C9H17NO9S. The number of carboxylic acids is 2. The van der Waals surface area contributed by atoms with Gasteiger partial charge in [-0.1, -0.05) is 0 Å². The fourth-order valence-electron chi connectivity index (χ4n) is 0.693. The van der Waals surface area contributed by atoms with Crippen molar-refractivity contribution in [2.75, 3.05) is 5.75 Å². The molecule has 0 aromatic carbocycles. The van der Waals surface area contributed by atoms with E-state index in [0.717, 1.165) is 0 Å². The van der Waals surface area contributed by atoms with E-state index in [1.54, 1.807) is 0 Å². The summed E-state index contributed by atoms with van der Waals surface area (Å²) in [6.07, 6.45) is -8.39. The highest BCUT2D eigenvalue weighted by molar-refractivity contribution is 7.80. The Balaban J connectivity index is 0.